The molecule has 0 spiro atoms. The highest BCUT2D eigenvalue weighted by atomic mass is 16.2. The topological polar surface area (TPSA) is 44.4 Å². The van der Waals surface area contributed by atoms with Crippen LogP contribution in [0.15, 0.2) is 18.2 Å². The molecule has 2 heterocycles. The van der Waals surface area contributed by atoms with Crippen molar-refractivity contribution in [2.45, 2.75) is 65.1 Å². The highest BCUT2D eigenvalue weighted by Crippen LogP contribution is 2.31. The number of fused-ring (bicyclic) bond motifs is 2. The lowest BCUT2D eigenvalue weighted by atomic mass is 10.0. The summed E-state index contributed by atoms with van der Waals surface area (Å²) in [4.78, 5) is 15.4. The van der Waals surface area contributed by atoms with E-state index in [1.54, 1.807) is 0 Å². The van der Waals surface area contributed by atoms with Gasteiger partial charge in [-0.05, 0) is 63.3 Å². The minimum Gasteiger partial charge on any atom is -0.382 e. The van der Waals surface area contributed by atoms with Crippen molar-refractivity contribution < 1.29 is 4.79 Å². The smallest absolute Gasteiger partial charge is 0.254 e. The van der Waals surface area contributed by atoms with E-state index in [0.717, 1.165) is 49.2 Å². The molecule has 3 atom stereocenters. The fourth-order valence-corrected chi connectivity index (χ4v) is 3.89. The monoisotopic (exact) mass is 329 g/mol. The van der Waals surface area contributed by atoms with E-state index < -0.39 is 0 Å². The van der Waals surface area contributed by atoms with Crippen LogP contribution in [-0.4, -0.2) is 42.0 Å². The molecule has 1 aromatic rings. The molecule has 2 bridgehead atoms. The minimum atomic E-state index is 0.213. The molecule has 0 aromatic heterocycles. The van der Waals surface area contributed by atoms with Gasteiger partial charge in [-0.25, -0.2) is 0 Å². The summed E-state index contributed by atoms with van der Waals surface area (Å²) in [5, 5.41) is 7.05. The quantitative estimate of drug-likeness (QED) is 0.889. The lowest BCUT2D eigenvalue weighted by molar-refractivity contribution is 0.0679. The number of nitrogens with zero attached hydrogens (tertiary/aromatic N) is 1. The van der Waals surface area contributed by atoms with Crippen LogP contribution in [0, 0.1) is 12.8 Å². The number of amides is 1. The number of hydrogen-bond donors (Lipinski definition) is 2. The standard InChI is InChI=1S/C20H31N3O/c1-13(2)15(4)22-19-7-5-6-18(14(19)3)20(24)23-16-8-9-17(23)12-21-11-10-16/h5-7,13,15-17,21-22H,8-12H2,1-4H3. The normalized spacial score (nSPS) is 24.8. The van der Waals surface area contributed by atoms with Gasteiger partial charge in [-0.1, -0.05) is 19.9 Å². The number of anilines is 1. The average molecular weight is 329 g/mol. The number of hydrogen-bond acceptors (Lipinski definition) is 3. The molecule has 0 aliphatic carbocycles. The first kappa shape index (κ1) is 17.3. The van der Waals surface area contributed by atoms with Crippen LogP contribution in [0.4, 0.5) is 5.69 Å². The van der Waals surface area contributed by atoms with Crippen molar-refractivity contribution in [3.8, 4) is 0 Å². The van der Waals surface area contributed by atoms with Gasteiger partial charge in [-0.15, -0.1) is 0 Å². The van der Waals surface area contributed by atoms with Crippen molar-refractivity contribution in [2.24, 2.45) is 5.92 Å². The zero-order valence-corrected chi connectivity index (χ0v) is 15.4. The highest BCUT2D eigenvalue weighted by molar-refractivity contribution is 5.97. The molecule has 2 fully saturated rings. The Morgan fingerprint density at radius 2 is 1.96 bits per heavy atom. The number of benzene rings is 1. The summed E-state index contributed by atoms with van der Waals surface area (Å²) < 4.78 is 0. The Morgan fingerprint density at radius 1 is 1.21 bits per heavy atom. The number of rotatable bonds is 4. The molecule has 3 rings (SSSR count). The summed E-state index contributed by atoms with van der Waals surface area (Å²) in [6, 6.07) is 7.23. The van der Waals surface area contributed by atoms with Crippen LogP contribution in [0.3, 0.4) is 0 Å². The van der Waals surface area contributed by atoms with E-state index >= 15 is 0 Å². The Balaban J connectivity index is 1.85. The molecule has 0 radical (unpaired) electrons. The predicted octanol–water partition coefficient (Wildman–Crippen LogP) is 3.42. The Morgan fingerprint density at radius 3 is 2.71 bits per heavy atom. The number of carbonyl (C=O) groups is 1. The molecule has 4 nitrogen and oxygen atoms in total. The fourth-order valence-electron chi connectivity index (χ4n) is 3.89. The van der Waals surface area contributed by atoms with Gasteiger partial charge >= 0.3 is 0 Å². The lowest BCUT2D eigenvalue weighted by Crippen LogP contribution is -2.42. The van der Waals surface area contributed by atoms with Gasteiger partial charge in [-0.2, -0.15) is 0 Å². The van der Waals surface area contributed by atoms with E-state index in [2.05, 4.69) is 49.3 Å². The molecule has 24 heavy (non-hydrogen) atoms. The molecule has 3 unspecified atom stereocenters. The second kappa shape index (κ2) is 7.14. The molecule has 2 N–H and O–H groups in total. The number of carbonyl (C=O) groups excluding carboxylic acids is 1. The van der Waals surface area contributed by atoms with Crippen molar-refractivity contribution in [1.29, 1.82) is 0 Å². The summed E-state index contributed by atoms with van der Waals surface area (Å²) in [7, 11) is 0. The fraction of sp³-hybridized carbons (Fsp3) is 0.650. The zero-order chi connectivity index (χ0) is 17.3. The molecule has 1 aromatic carbocycles. The van der Waals surface area contributed by atoms with Gasteiger partial charge in [0.1, 0.15) is 0 Å². The van der Waals surface area contributed by atoms with Gasteiger partial charge in [0.05, 0.1) is 0 Å². The van der Waals surface area contributed by atoms with Crippen LogP contribution in [0.2, 0.25) is 0 Å². The van der Waals surface area contributed by atoms with Crippen molar-refractivity contribution in [3.63, 3.8) is 0 Å². The van der Waals surface area contributed by atoms with Gasteiger partial charge in [0.25, 0.3) is 5.91 Å². The largest absolute Gasteiger partial charge is 0.382 e. The Labute approximate surface area is 146 Å². The molecule has 132 valence electrons. The van der Waals surface area contributed by atoms with E-state index in [4.69, 9.17) is 0 Å². The average Bonchev–Trinajstić information content (AvgIpc) is 2.81. The van der Waals surface area contributed by atoms with Gasteiger partial charge in [-0.3, -0.25) is 4.79 Å². The van der Waals surface area contributed by atoms with Gasteiger partial charge in [0.2, 0.25) is 0 Å². The predicted molar refractivity (Wildman–Crippen MR) is 99.6 cm³/mol. The highest BCUT2D eigenvalue weighted by Gasteiger charge is 2.38. The van der Waals surface area contributed by atoms with Crippen molar-refractivity contribution in [2.75, 3.05) is 18.4 Å². The zero-order valence-electron chi connectivity index (χ0n) is 15.4. The van der Waals surface area contributed by atoms with Crippen LogP contribution >= 0.6 is 0 Å². The molecular formula is C20H31N3O. The third-order valence-corrected chi connectivity index (χ3v) is 5.84. The second-order valence-corrected chi connectivity index (χ2v) is 7.75. The van der Waals surface area contributed by atoms with Crippen molar-refractivity contribution in [3.05, 3.63) is 29.3 Å². The summed E-state index contributed by atoms with van der Waals surface area (Å²) in [5.41, 5.74) is 3.02. The van der Waals surface area contributed by atoms with E-state index in [9.17, 15) is 4.79 Å². The van der Waals surface area contributed by atoms with E-state index in [1.165, 1.54) is 0 Å². The molecule has 0 saturated carbocycles. The van der Waals surface area contributed by atoms with Gasteiger partial charge in [0.15, 0.2) is 0 Å². The SMILES string of the molecule is Cc1c(NC(C)C(C)C)cccc1C(=O)N1C2CCNCC1CC2. The molecule has 4 heteroatoms. The maximum absolute atomic E-state index is 13.3. The van der Waals surface area contributed by atoms with E-state index in [1.807, 2.05) is 12.1 Å². The third kappa shape index (κ3) is 3.30. The maximum atomic E-state index is 13.3. The summed E-state index contributed by atoms with van der Waals surface area (Å²) in [6.07, 6.45) is 3.36. The first-order valence-electron chi connectivity index (χ1n) is 9.38. The van der Waals surface area contributed by atoms with Crippen LogP contribution in [0.25, 0.3) is 0 Å². The minimum absolute atomic E-state index is 0.213. The van der Waals surface area contributed by atoms with Crippen LogP contribution in [0.1, 0.15) is 56.0 Å². The molecule has 1 amide bonds. The molecular weight excluding hydrogens is 298 g/mol. The second-order valence-electron chi connectivity index (χ2n) is 7.75. The van der Waals surface area contributed by atoms with Crippen molar-refractivity contribution in [1.82, 2.24) is 10.2 Å². The van der Waals surface area contributed by atoms with Crippen LogP contribution < -0.4 is 10.6 Å². The van der Waals surface area contributed by atoms with Gasteiger partial charge in [0, 0.05) is 35.9 Å². The van der Waals surface area contributed by atoms with Crippen LogP contribution in [-0.2, 0) is 0 Å². The molecule has 2 saturated heterocycles. The third-order valence-electron chi connectivity index (χ3n) is 5.84. The van der Waals surface area contributed by atoms with Gasteiger partial charge < -0.3 is 15.5 Å². The van der Waals surface area contributed by atoms with Crippen molar-refractivity contribution >= 4 is 11.6 Å². The summed E-state index contributed by atoms with van der Waals surface area (Å²) in [5.74, 6) is 0.765. The Bertz CT molecular complexity index is 585. The lowest BCUT2D eigenvalue weighted by Gasteiger charge is -2.29. The van der Waals surface area contributed by atoms with E-state index in [-0.39, 0.29) is 5.91 Å². The molecule has 2 aliphatic rings. The maximum Gasteiger partial charge on any atom is 0.254 e. The Hall–Kier alpha value is -1.55. The number of nitrogens with one attached hydrogen (secondary N) is 2. The Kier molecular flexibility index (Phi) is 5.14. The first-order valence-corrected chi connectivity index (χ1v) is 9.38. The summed E-state index contributed by atoms with van der Waals surface area (Å²) >= 11 is 0. The van der Waals surface area contributed by atoms with E-state index in [0.29, 0.717) is 24.0 Å². The van der Waals surface area contributed by atoms with Crippen LogP contribution in [0.5, 0.6) is 0 Å². The molecule has 2 aliphatic heterocycles. The summed E-state index contributed by atoms with van der Waals surface area (Å²) in [6.45, 7) is 10.6. The first-order chi connectivity index (χ1) is 11.5.